The summed E-state index contributed by atoms with van der Waals surface area (Å²) in [5.41, 5.74) is 27.6. The van der Waals surface area contributed by atoms with E-state index in [1.54, 1.807) is 0 Å². The molecule has 3 heteroatoms. The molecule has 0 aliphatic heterocycles. The SMILES string of the molecule is O=C(c1ccccc1)c1ccc2c(c1)C1(c3ccccc3-c3ccccc31)c1c-2c2c(c3c1-c1ccc(C(=O)c4ccccc4)cc1C31c3ccccc3-c3ccccc31)-c1ccc(C(=O)c3ccccc3)cc1C21c2ccccc2-c2ccccc21. The normalized spacial score (nSPS) is 14.6. The van der Waals surface area contributed by atoms with Crippen LogP contribution in [0.25, 0.3) is 66.8 Å². The van der Waals surface area contributed by atoms with Gasteiger partial charge in [-0.05, 0) is 152 Å². The fourth-order valence-corrected chi connectivity index (χ4v) is 17.4. The van der Waals surface area contributed by atoms with Gasteiger partial charge in [-0.1, -0.05) is 273 Å². The molecule has 0 heterocycles. The largest absolute Gasteiger partial charge is 0.289 e. The average molecular weight is 1110 g/mol. The van der Waals surface area contributed by atoms with Crippen molar-refractivity contribution in [2.24, 2.45) is 0 Å². The standard InChI is InChI=1S/C84H48O3/c85-79(49-22-4-1-5-23-49)52-40-43-61-70(46-52)82(64-34-16-10-28-55(64)56-29-11-17-35-65(56)82)76-73(61)77-75(63-45-42-54(81(87)51-26-8-3-9-27-51)48-72(63)83(77)66-36-18-12-30-57(66)58-31-13-19-37-67(58)83)78-74(76)62-44-41-53(80(86)50-24-6-2-7-25-50)47-71(62)84(78)68-38-20-14-32-59(68)60-33-15-21-39-69(60)84/h1-48H. The number of hydrogen-bond acceptors (Lipinski definition) is 3. The maximum atomic E-state index is 15.3. The Morgan fingerprint density at radius 2 is 0.391 bits per heavy atom. The maximum absolute atomic E-state index is 15.3. The summed E-state index contributed by atoms with van der Waals surface area (Å²) in [5, 5.41) is 0. The third-order valence-electron chi connectivity index (χ3n) is 20.5. The molecule has 87 heavy (non-hydrogen) atoms. The van der Waals surface area contributed by atoms with Crippen molar-refractivity contribution in [1.29, 1.82) is 0 Å². The van der Waals surface area contributed by atoms with Crippen LogP contribution in [0, 0.1) is 0 Å². The summed E-state index contributed by atoms with van der Waals surface area (Å²) < 4.78 is 0. The minimum Gasteiger partial charge on any atom is -0.289 e. The Bertz CT molecular complexity index is 4600. The summed E-state index contributed by atoms with van der Waals surface area (Å²) in [6, 6.07) is 102. The Morgan fingerprint density at radius 1 is 0.184 bits per heavy atom. The van der Waals surface area contributed by atoms with Gasteiger partial charge in [-0.25, -0.2) is 0 Å². The predicted molar refractivity (Wildman–Crippen MR) is 345 cm³/mol. The number of rotatable bonds is 6. The Kier molecular flexibility index (Phi) is 9.57. The van der Waals surface area contributed by atoms with Crippen LogP contribution in [0.5, 0.6) is 0 Å². The number of carbonyl (C=O) groups excluding carboxylic acids is 3. The second-order valence-corrected chi connectivity index (χ2v) is 24.1. The molecule has 0 unspecified atom stereocenters. The van der Waals surface area contributed by atoms with Crippen molar-refractivity contribution in [2.75, 3.05) is 0 Å². The van der Waals surface area contributed by atoms with Gasteiger partial charge < -0.3 is 0 Å². The van der Waals surface area contributed by atoms with Gasteiger partial charge in [0.2, 0.25) is 0 Å². The van der Waals surface area contributed by atoms with Crippen LogP contribution in [0.3, 0.4) is 0 Å². The number of hydrogen-bond donors (Lipinski definition) is 0. The minimum atomic E-state index is -0.995. The Labute approximate surface area is 503 Å². The highest BCUT2D eigenvalue weighted by Gasteiger charge is 2.65. The third-order valence-corrected chi connectivity index (χ3v) is 20.5. The maximum Gasteiger partial charge on any atom is 0.193 e. The fraction of sp³-hybridized carbons (Fsp3) is 0.0357. The molecule has 0 aromatic heterocycles. The zero-order chi connectivity index (χ0) is 57.5. The molecule has 0 saturated carbocycles. The monoisotopic (exact) mass is 1100 g/mol. The highest BCUT2D eigenvalue weighted by atomic mass is 16.1. The third kappa shape index (κ3) is 5.80. The summed E-state index contributed by atoms with van der Waals surface area (Å²) in [6.45, 7) is 0. The summed E-state index contributed by atoms with van der Waals surface area (Å²) in [4.78, 5) is 45.9. The molecule has 6 aliphatic carbocycles. The molecule has 0 bridgehead atoms. The number of ketones is 3. The molecule has 19 rings (SSSR count). The molecule has 402 valence electrons. The van der Waals surface area contributed by atoms with E-state index in [1.807, 2.05) is 91.0 Å². The van der Waals surface area contributed by atoms with Crippen molar-refractivity contribution < 1.29 is 14.4 Å². The zero-order valence-corrected chi connectivity index (χ0v) is 46.9. The van der Waals surface area contributed by atoms with Crippen LogP contribution in [0.15, 0.2) is 291 Å². The quantitative estimate of drug-likeness (QED) is 0.156. The fourth-order valence-electron chi connectivity index (χ4n) is 17.4. The lowest BCUT2D eigenvalue weighted by Gasteiger charge is -2.37. The van der Waals surface area contributed by atoms with Gasteiger partial charge in [0.05, 0.1) is 16.2 Å². The van der Waals surface area contributed by atoms with Crippen LogP contribution < -0.4 is 0 Å². The second-order valence-electron chi connectivity index (χ2n) is 24.1. The van der Waals surface area contributed by atoms with Crippen molar-refractivity contribution in [3.8, 4) is 66.8 Å². The zero-order valence-electron chi connectivity index (χ0n) is 46.9. The molecule has 13 aromatic carbocycles. The van der Waals surface area contributed by atoms with Gasteiger partial charge in [0, 0.05) is 33.4 Å². The van der Waals surface area contributed by atoms with Crippen molar-refractivity contribution in [3.05, 3.63) is 391 Å². The average Bonchev–Trinajstić information content (AvgIpc) is 1.46. The van der Waals surface area contributed by atoms with Gasteiger partial charge in [-0.15, -0.1) is 0 Å². The highest BCUT2D eigenvalue weighted by Crippen LogP contribution is 2.77. The number of benzene rings is 13. The molecule has 0 saturated heterocycles. The first-order chi connectivity index (χ1) is 42.9. The predicted octanol–water partition coefficient (Wildman–Crippen LogP) is 18.4. The van der Waals surface area contributed by atoms with E-state index in [9.17, 15) is 0 Å². The van der Waals surface area contributed by atoms with Crippen LogP contribution in [0.4, 0.5) is 0 Å². The molecule has 3 spiro atoms. The summed E-state index contributed by atoms with van der Waals surface area (Å²) >= 11 is 0. The molecular weight excluding hydrogens is 1060 g/mol. The van der Waals surface area contributed by atoms with Crippen molar-refractivity contribution in [1.82, 2.24) is 0 Å². The van der Waals surface area contributed by atoms with Crippen LogP contribution >= 0.6 is 0 Å². The first kappa shape index (κ1) is 48.3. The van der Waals surface area contributed by atoms with Crippen molar-refractivity contribution in [2.45, 2.75) is 16.2 Å². The first-order valence-electron chi connectivity index (χ1n) is 30.0. The number of carbonyl (C=O) groups is 3. The van der Waals surface area contributed by atoms with Crippen molar-refractivity contribution in [3.63, 3.8) is 0 Å². The van der Waals surface area contributed by atoms with Gasteiger partial charge in [0.15, 0.2) is 17.3 Å². The summed E-state index contributed by atoms with van der Waals surface area (Å²) in [5.74, 6) is -0.134. The Morgan fingerprint density at radius 3 is 0.621 bits per heavy atom. The highest BCUT2D eigenvalue weighted by molar-refractivity contribution is 6.17. The first-order valence-corrected chi connectivity index (χ1v) is 30.0. The minimum absolute atomic E-state index is 0.0447. The van der Waals surface area contributed by atoms with E-state index in [2.05, 4.69) is 200 Å². The van der Waals surface area contributed by atoms with E-state index in [0.29, 0.717) is 33.4 Å². The molecule has 13 aromatic rings. The molecular formula is C84H48O3. The smallest absolute Gasteiger partial charge is 0.193 e. The second kappa shape index (κ2) is 17.3. The van der Waals surface area contributed by atoms with Gasteiger partial charge in [-0.3, -0.25) is 14.4 Å². The van der Waals surface area contributed by atoms with Gasteiger partial charge >= 0.3 is 0 Å². The molecule has 0 fully saturated rings. The van der Waals surface area contributed by atoms with Gasteiger partial charge in [0.25, 0.3) is 0 Å². The van der Waals surface area contributed by atoms with Crippen molar-refractivity contribution >= 4 is 17.3 Å². The lowest BCUT2D eigenvalue weighted by Crippen LogP contribution is -2.31. The van der Waals surface area contributed by atoms with Crippen LogP contribution in [0.2, 0.25) is 0 Å². The van der Waals surface area contributed by atoms with Crippen LogP contribution in [0.1, 0.15) is 115 Å². The Balaban J connectivity index is 1.08. The summed E-state index contributed by atoms with van der Waals surface area (Å²) in [7, 11) is 0. The molecule has 0 amide bonds. The lowest BCUT2D eigenvalue weighted by molar-refractivity contribution is 0.103. The van der Waals surface area contributed by atoms with Gasteiger partial charge in [0.1, 0.15) is 0 Å². The van der Waals surface area contributed by atoms with E-state index in [4.69, 9.17) is 0 Å². The van der Waals surface area contributed by atoms with E-state index >= 15 is 14.4 Å². The van der Waals surface area contributed by atoms with E-state index in [0.717, 1.165) is 134 Å². The molecule has 0 N–H and O–H groups in total. The van der Waals surface area contributed by atoms with Crippen LogP contribution in [-0.4, -0.2) is 17.3 Å². The van der Waals surface area contributed by atoms with Gasteiger partial charge in [-0.2, -0.15) is 0 Å². The molecule has 0 radical (unpaired) electrons. The summed E-state index contributed by atoms with van der Waals surface area (Å²) in [6.07, 6.45) is 0. The number of fused-ring (bicyclic) bond motifs is 33. The lowest BCUT2D eigenvalue weighted by atomic mass is 9.63. The molecule has 6 aliphatic rings. The van der Waals surface area contributed by atoms with E-state index < -0.39 is 16.2 Å². The molecule has 3 nitrogen and oxygen atoms in total. The van der Waals surface area contributed by atoms with Crippen LogP contribution in [-0.2, 0) is 16.2 Å². The van der Waals surface area contributed by atoms with E-state index in [1.165, 1.54) is 0 Å². The van der Waals surface area contributed by atoms with E-state index in [-0.39, 0.29) is 17.3 Å². The topological polar surface area (TPSA) is 51.2 Å². The molecule has 0 atom stereocenters. The Hall–Kier alpha value is -11.1.